The Morgan fingerprint density at radius 2 is 1.95 bits per heavy atom. The normalized spacial score (nSPS) is 18.5. The summed E-state index contributed by atoms with van der Waals surface area (Å²) in [5.41, 5.74) is 9.72. The largest absolute Gasteiger partial charge is 0.473 e. The van der Waals surface area contributed by atoms with Crippen LogP contribution in [0, 0.1) is 5.82 Å². The predicted octanol–water partition coefficient (Wildman–Crippen LogP) is 4.95. The van der Waals surface area contributed by atoms with E-state index < -0.39 is 0 Å². The molecule has 2 N–H and O–H groups in total. The third-order valence-electron chi connectivity index (χ3n) is 7.37. The van der Waals surface area contributed by atoms with Gasteiger partial charge in [0.2, 0.25) is 5.88 Å². The lowest BCUT2D eigenvalue weighted by Gasteiger charge is -2.32. The van der Waals surface area contributed by atoms with E-state index >= 15 is 0 Å². The third kappa shape index (κ3) is 5.45. The molecule has 2 aliphatic heterocycles. The van der Waals surface area contributed by atoms with E-state index in [1.54, 1.807) is 18.3 Å². The molecule has 1 unspecified atom stereocenters. The summed E-state index contributed by atoms with van der Waals surface area (Å²) < 4.78 is 27.8. The number of ether oxygens (including phenoxy) is 2. The van der Waals surface area contributed by atoms with Crippen molar-refractivity contribution >= 4 is 28.5 Å². The van der Waals surface area contributed by atoms with Crippen LogP contribution in [0.2, 0.25) is 5.02 Å². The fourth-order valence-electron chi connectivity index (χ4n) is 5.13. The Kier molecular flexibility index (Phi) is 7.14. The molecular formula is C28H30ClFN6O2. The van der Waals surface area contributed by atoms with Crippen LogP contribution < -0.4 is 10.5 Å². The zero-order chi connectivity index (χ0) is 26.1. The predicted molar refractivity (Wildman–Crippen MR) is 144 cm³/mol. The van der Waals surface area contributed by atoms with Gasteiger partial charge in [-0.1, -0.05) is 23.7 Å². The minimum absolute atomic E-state index is 0.102. The van der Waals surface area contributed by atoms with Crippen molar-refractivity contribution in [3.63, 3.8) is 0 Å². The van der Waals surface area contributed by atoms with E-state index in [0.29, 0.717) is 28.1 Å². The van der Waals surface area contributed by atoms with Crippen LogP contribution in [0.25, 0.3) is 11.2 Å². The molecule has 1 aromatic carbocycles. The van der Waals surface area contributed by atoms with Crippen molar-refractivity contribution in [2.24, 2.45) is 0 Å². The number of nitrogens with zero attached hydrogens (tertiary/aromatic N) is 5. The highest BCUT2D eigenvalue weighted by Gasteiger charge is 2.26. The summed E-state index contributed by atoms with van der Waals surface area (Å²) in [5, 5.41) is 0.365. The van der Waals surface area contributed by atoms with Gasteiger partial charge in [-0.25, -0.2) is 19.3 Å². The maximum absolute atomic E-state index is 14.1. The maximum atomic E-state index is 14.1. The number of nitrogen functional groups attached to an aromatic ring is 1. The lowest BCUT2D eigenvalue weighted by Crippen LogP contribution is -2.35. The van der Waals surface area contributed by atoms with Crippen LogP contribution in [-0.4, -0.2) is 50.2 Å². The van der Waals surface area contributed by atoms with Gasteiger partial charge in [-0.3, -0.25) is 4.90 Å². The molecule has 0 spiro atoms. The van der Waals surface area contributed by atoms with Crippen LogP contribution in [-0.2, 0) is 24.4 Å². The van der Waals surface area contributed by atoms with Gasteiger partial charge in [-0.15, -0.1) is 0 Å². The summed E-state index contributed by atoms with van der Waals surface area (Å²) in [5.74, 6) is 1.45. The number of nitrogens with two attached hydrogens (primary N) is 1. The molecule has 0 radical (unpaired) electrons. The van der Waals surface area contributed by atoms with Gasteiger partial charge in [0.15, 0.2) is 5.65 Å². The van der Waals surface area contributed by atoms with E-state index in [1.165, 1.54) is 6.07 Å². The SMILES string of the molecule is Nc1cnc2c(c1)nc(CN1CCC(c3cccc(OCc4ccc(Cl)cc4F)n3)CC1)n2CC1CCO1. The number of fused-ring (bicyclic) bond motifs is 1. The molecule has 198 valence electrons. The van der Waals surface area contributed by atoms with Crippen molar-refractivity contribution in [3.05, 3.63) is 76.6 Å². The zero-order valence-corrected chi connectivity index (χ0v) is 21.8. The topological polar surface area (TPSA) is 91.3 Å². The Morgan fingerprint density at radius 1 is 1.11 bits per heavy atom. The second-order valence-corrected chi connectivity index (χ2v) is 10.4. The van der Waals surface area contributed by atoms with Crippen LogP contribution in [0.5, 0.6) is 5.88 Å². The molecule has 0 bridgehead atoms. The quantitative estimate of drug-likeness (QED) is 0.341. The number of imidazole rings is 1. The number of likely N-dealkylation sites (tertiary alicyclic amines) is 1. The monoisotopic (exact) mass is 536 g/mol. The van der Waals surface area contributed by atoms with Crippen molar-refractivity contribution in [1.29, 1.82) is 0 Å². The Hall–Kier alpha value is -3.27. The summed E-state index contributed by atoms with van der Waals surface area (Å²) in [6, 6.07) is 12.3. The highest BCUT2D eigenvalue weighted by molar-refractivity contribution is 6.30. The van der Waals surface area contributed by atoms with Gasteiger partial charge in [-0.05, 0) is 56.6 Å². The second-order valence-electron chi connectivity index (χ2n) is 10.0. The molecule has 0 saturated carbocycles. The Morgan fingerprint density at radius 3 is 2.71 bits per heavy atom. The number of aromatic nitrogens is 4. The van der Waals surface area contributed by atoms with Crippen LogP contribution in [0.15, 0.2) is 48.7 Å². The summed E-state index contributed by atoms with van der Waals surface area (Å²) in [4.78, 5) is 16.6. The van der Waals surface area contributed by atoms with Crippen molar-refractivity contribution in [2.45, 2.75) is 51.0 Å². The molecule has 10 heteroatoms. The summed E-state index contributed by atoms with van der Waals surface area (Å²) >= 11 is 5.84. The first kappa shape index (κ1) is 25.0. The molecule has 0 aliphatic carbocycles. The number of benzene rings is 1. The van der Waals surface area contributed by atoms with Crippen molar-refractivity contribution in [1.82, 2.24) is 24.4 Å². The van der Waals surface area contributed by atoms with Gasteiger partial charge >= 0.3 is 0 Å². The smallest absolute Gasteiger partial charge is 0.213 e. The summed E-state index contributed by atoms with van der Waals surface area (Å²) in [6.07, 6.45) is 4.93. The van der Waals surface area contributed by atoms with Gasteiger partial charge in [0.1, 0.15) is 23.8 Å². The number of hydrogen-bond acceptors (Lipinski definition) is 7. The van der Waals surface area contributed by atoms with E-state index in [0.717, 1.165) is 74.7 Å². The summed E-state index contributed by atoms with van der Waals surface area (Å²) in [7, 11) is 0. The first-order chi connectivity index (χ1) is 18.5. The number of pyridine rings is 2. The first-order valence-electron chi connectivity index (χ1n) is 13.0. The van der Waals surface area contributed by atoms with Crippen LogP contribution in [0.4, 0.5) is 10.1 Å². The summed E-state index contributed by atoms with van der Waals surface area (Å²) in [6.45, 7) is 4.30. The number of halogens is 2. The van der Waals surface area contributed by atoms with Gasteiger partial charge in [0.05, 0.1) is 31.1 Å². The lowest BCUT2D eigenvalue weighted by molar-refractivity contribution is -0.0593. The molecule has 38 heavy (non-hydrogen) atoms. The fourth-order valence-corrected chi connectivity index (χ4v) is 5.29. The van der Waals surface area contributed by atoms with Crippen LogP contribution in [0.3, 0.4) is 0 Å². The molecule has 2 saturated heterocycles. The van der Waals surface area contributed by atoms with Gasteiger partial charge < -0.3 is 19.8 Å². The Balaban J connectivity index is 1.09. The molecule has 2 aliphatic rings. The lowest BCUT2D eigenvalue weighted by atomic mass is 9.93. The highest BCUT2D eigenvalue weighted by Crippen LogP contribution is 2.30. The highest BCUT2D eigenvalue weighted by atomic mass is 35.5. The van der Waals surface area contributed by atoms with E-state index in [2.05, 4.69) is 14.5 Å². The Bertz CT molecular complexity index is 1430. The maximum Gasteiger partial charge on any atom is 0.213 e. The molecule has 2 fully saturated rings. The molecule has 3 aromatic heterocycles. The Labute approximate surface area is 225 Å². The van der Waals surface area contributed by atoms with Crippen molar-refractivity contribution in [3.8, 4) is 5.88 Å². The molecule has 4 aromatic rings. The zero-order valence-electron chi connectivity index (χ0n) is 21.0. The van der Waals surface area contributed by atoms with Gasteiger partial charge in [0.25, 0.3) is 0 Å². The van der Waals surface area contributed by atoms with Gasteiger partial charge in [-0.2, -0.15) is 0 Å². The van der Waals surface area contributed by atoms with Crippen molar-refractivity contribution < 1.29 is 13.9 Å². The fraction of sp³-hybridized carbons (Fsp3) is 0.393. The second kappa shape index (κ2) is 10.8. The molecule has 1 atom stereocenters. The number of rotatable bonds is 8. The van der Waals surface area contributed by atoms with E-state index in [4.69, 9.17) is 36.8 Å². The van der Waals surface area contributed by atoms with E-state index in [-0.39, 0.29) is 18.5 Å². The first-order valence-corrected chi connectivity index (χ1v) is 13.4. The minimum Gasteiger partial charge on any atom is -0.473 e. The van der Waals surface area contributed by atoms with Crippen molar-refractivity contribution in [2.75, 3.05) is 25.4 Å². The molecular weight excluding hydrogens is 507 g/mol. The van der Waals surface area contributed by atoms with Gasteiger partial charge in [0, 0.05) is 34.9 Å². The minimum atomic E-state index is -0.381. The third-order valence-corrected chi connectivity index (χ3v) is 7.61. The van der Waals surface area contributed by atoms with Crippen LogP contribution in [0.1, 0.15) is 42.3 Å². The average Bonchev–Trinajstić information content (AvgIpc) is 3.22. The van der Waals surface area contributed by atoms with Crippen LogP contribution >= 0.6 is 11.6 Å². The average molecular weight is 537 g/mol. The van der Waals surface area contributed by atoms with E-state index in [1.807, 2.05) is 24.3 Å². The number of anilines is 1. The standard InChI is InChI=1S/C28H30ClFN6O2/c29-20-5-4-19(23(30)12-20)17-38-27-3-1-2-24(34-27)18-6-9-35(10-7-18)16-26-33-25-13-21(31)14-32-28(25)36(26)15-22-8-11-37-22/h1-5,12-14,18,22H,6-11,15-17,31H2. The molecule has 5 heterocycles. The van der Waals surface area contributed by atoms with E-state index in [9.17, 15) is 4.39 Å². The molecule has 8 nitrogen and oxygen atoms in total. The molecule has 0 amide bonds. The molecule has 6 rings (SSSR count). The number of piperidine rings is 1. The number of hydrogen-bond donors (Lipinski definition) is 1.